The van der Waals surface area contributed by atoms with Crippen molar-refractivity contribution in [1.29, 1.82) is 0 Å². The van der Waals surface area contributed by atoms with Crippen LogP contribution in [0.3, 0.4) is 0 Å². The third-order valence-electron chi connectivity index (χ3n) is 2.74. The van der Waals surface area contributed by atoms with Crippen LogP contribution >= 0.6 is 15.9 Å². The van der Waals surface area contributed by atoms with E-state index >= 15 is 0 Å². The summed E-state index contributed by atoms with van der Waals surface area (Å²) in [6, 6.07) is 10.4. The number of anilines is 3. The van der Waals surface area contributed by atoms with E-state index in [1.54, 1.807) is 12.1 Å². The zero-order valence-corrected chi connectivity index (χ0v) is 11.9. The van der Waals surface area contributed by atoms with E-state index in [1.807, 2.05) is 25.1 Å². The molecule has 0 aliphatic rings. The number of rotatable bonds is 3. The number of carboxylic acids is 1. The van der Waals surface area contributed by atoms with Gasteiger partial charge in [-0.3, -0.25) is 0 Å². The molecule has 0 unspecified atom stereocenters. The van der Waals surface area contributed by atoms with Gasteiger partial charge in [-0.2, -0.15) is 0 Å². The Labute approximate surface area is 119 Å². The lowest BCUT2D eigenvalue weighted by molar-refractivity contribution is 0.0698. The van der Waals surface area contributed by atoms with Crippen molar-refractivity contribution < 1.29 is 9.90 Å². The van der Waals surface area contributed by atoms with Gasteiger partial charge in [-0.15, -0.1) is 0 Å². The van der Waals surface area contributed by atoms with Gasteiger partial charge in [0.2, 0.25) is 0 Å². The van der Waals surface area contributed by atoms with Gasteiger partial charge in [0.25, 0.3) is 0 Å². The van der Waals surface area contributed by atoms with Gasteiger partial charge < -0.3 is 16.2 Å². The largest absolute Gasteiger partial charge is 0.478 e. The first-order chi connectivity index (χ1) is 8.99. The van der Waals surface area contributed by atoms with Crippen LogP contribution in [0.1, 0.15) is 15.9 Å². The van der Waals surface area contributed by atoms with Gasteiger partial charge in [-0.1, -0.05) is 12.1 Å². The molecule has 0 radical (unpaired) electrons. The number of aryl methyl sites for hydroxylation is 1. The molecule has 4 N–H and O–H groups in total. The molecule has 19 heavy (non-hydrogen) atoms. The number of benzene rings is 2. The number of nitrogen functional groups attached to an aromatic ring is 1. The predicted molar refractivity (Wildman–Crippen MR) is 80.0 cm³/mol. The number of carboxylic acid groups (broad SMARTS) is 1. The smallest absolute Gasteiger partial charge is 0.337 e. The van der Waals surface area contributed by atoms with E-state index in [9.17, 15) is 4.79 Å². The molecule has 98 valence electrons. The minimum Gasteiger partial charge on any atom is -0.478 e. The number of nitrogens with one attached hydrogen (secondary N) is 1. The molecule has 0 spiro atoms. The lowest BCUT2D eigenvalue weighted by atomic mass is 10.1. The zero-order valence-electron chi connectivity index (χ0n) is 10.3. The van der Waals surface area contributed by atoms with Crippen molar-refractivity contribution in [3.05, 3.63) is 52.0 Å². The highest BCUT2D eigenvalue weighted by Crippen LogP contribution is 2.30. The molecule has 2 aromatic carbocycles. The summed E-state index contributed by atoms with van der Waals surface area (Å²) < 4.78 is 0.897. The van der Waals surface area contributed by atoms with Crippen LogP contribution in [-0.4, -0.2) is 11.1 Å². The van der Waals surface area contributed by atoms with E-state index < -0.39 is 5.97 Å². The van der Waals surface area contributed by atoms with Gasteiger partial charge in [-0.25, -0.2) is 4.79 Å². The summed E-state index contributed by atoms with van der Waals surface area (Å²) >= 11 is 3.48. The number of aromatic carboxylic acids is 1. The summed E-state index contributed by atoms with van der Waals surface area (Å²) in [5.74, 6) is -0.994. The van der Waals surface area contributed by atoms with Crippen molar-refractivity contribution in [1.82, 2.24) is 0 Å². The Hall–Kier alpha value is -2.01. The first kappa shape index (κ1) is 13.4. The van der Waals surface area contributed by atoms with Crippen LogP contribution < -0.4 is 11.1 Å². The van der Waals surface area contributed by atoms with Gasteiger partial charge in [0.05, 0.1) is 16.9 Å². The van der Waals surface area contributed by atoms with Crippen LogP contribution in [0, 0.1) is 6.92 Å². The summed E-state index contributed by atoms with van der Waals surface area (Å²) in [5.41, 5.74) is 8.73. The molecule has 0 atom stereocenters. The van der Waals surface area contributed by atoms with Crippen LogP contribution in [0.5, 0.6) is 0 Å². The highest BCUT2D eigenvalue weighted by molar-refractivity contribution is 9.10. The number of halogens is 1. The number of carbonyl (C=O) groups is 1. The fraction of sp³-hybridized carbons (Fsp3) is 0.0714. The van der Waals surface area contributed by atoms with Crippen LogP contribution in [0.2, 0.25) is 0 Å². The molecule has 0 saturated heterocycles. The van der Waals surface area contributed by atoms with Gasteiger partial charge in [0, 0.05) is 10.2 Å². The van der Waals surface area contributed by atoms with E-state index in [0.29, 0.717) is 11.4 Å². The molecule has 0 amide bonds. The maximum absolute atomic E-state index is 11.2. The topological polar surface area (TPSA) is 75.3 Å². The fourth-order valence-corrected chi connectivity index (χ4v) is 2.10. The molecule has 0 bridgehead atoms. The van der Waals surface area contributed by atoms with Crippen molar-refractivity contribution in [3.63, 3.8) is 0 Å². The maximum Gasteiger partial charge on any atom is 0.337 e. The molecule has 0 aliphatic heterocycles. The average molecular weight is 321 g/mol. The Bertz CT molecular complexity index is 641. The lowest BCUT2D eigenvalue weighted by Gasteiger charge is -2.13. The van der Waals surface area contributed by atoms with E-state index in [1.165, 1.54) is 6.07 Å². The maximum atomic E-state index is 11.2. The van der Waals surface area contributed by atoms with Gasteiger partial charge in [0.1, 0.15) is 0 Å². The van der Waals surface area contributed by atoms with Crippen molar-refractivity contribution in [3.8, 4) is 0 Å². The van der Waals surface area contributed by atoms with E-state index in [2.05, 4.69) is 21.2 Å². The van der Waals surface area contributed by atoms with Crippen molar-refractivity contribution >= 4 is 39.0 Å². The Morgan fingerprint density at radius 2 is 2.00 bits per heavy atom. The quantitative estimate of drug-likeness (QED) is 0.752. The molecular weight excluding hydrogens is 308 g/mol. The summed E-state index contributed by atoms with van der Waals surface area (Å²) in [5, 5.41) is 12.3. The first-order valence-electron chi connectivity index (χ1n) is 5.64. The Morgan fingerprint density at radius 3 is 2.68 bits per heavy atom. The molecule has 0 saturated carbocycles. The van der Waals surface area contributed by atoms with Gasteiger partial charge >= 0.3 is 5.97 Å². The molecule has 0 aromatic heterocycles. The SMILES string of the molecule is Cc1cccc(Nc2cc(N)ccc2C(=O)O)c1Br. The fourth-order valence-electron chi connectivity index (χ4n) is 1.74. The molecule has 2 rings (SSSR count). The molecule has 5 heteroatoms. The first-order valence-corrected chi connectivity index (χ1v) is 6.43. The summed E-state index contributed by atoms with van der Waals surface area (Å²) in [6.45, 7) is 1.97. The Balaban J connectivity index is 2.45. The predicted octanol–water partition coefficient (Wildman–Crippen LogP) is 3.78. The summed E-state index contributed by atoms with van der Waals surface area (Å²) in [4.78, 5) is 11.2. The number of hydrogen-bond acceptors (Lipinski definition) is 3. The lowest BCUT2D eigenvalue weighted by Crippen LogP contribution is -2.04. The average Bonchev–Trinajstić information content (AvgIpc) is 2.35. The van der Waals surface area contributed by atoms with Crippen LogP contribution in [-0.2, 0) is 0 Å². The van der Waals surface area contributed by atoms with Crippen LogP contribution in [0.25, 0.3) is 0 Å². The minimum atomic E-state index is -0.994. The van der Waals surface area contributed by atoms with E-state index in [4.69, 9.17) is 10.8 Å². The molecule has 0 heterocycles. The second-order valence-corrected chi connectivity index (χ2v) is 4.96. The molecule has 0 aliphatic carbocycles. The molecule has 2 aromatic rings. The Kier molecular flexibility index (Phi) is 3.76. The monoisotopic (exact) mass is 320 g/mol. The third-order valence-corrected chi connectivity index (χ3v) is 3.79. The van der Waals surface area contributed by atoms with Crippen LogP contribution in [0.15, 0.2) is 40.9 Å². The van der Waals surface area contributed by atoms with E-state index in [0.717, 1.165) is 15.7 Å². The molecule has 4 nitrogen and oxygen atoms in total. The van der Waals surface area contributed by atoms with Crippen molar-refractivity contribution in [2.75, 3.05) is 11.1 Å². The van der Waals surface area contributed by atoms with Crippen LogP contribution in [0.4, 0.5) is 17.1 Å². The zero-order chi connectivity index (χ0) is 14.0. The summed E-state index contributed by atoms with van der Waals surface area (Å²) in [6.07, 6.45) is 0. The van der Waals surface area contributed by atoms with Crippen molar-refractivity contribution in [2.45, 2.75) is 6.92 Å². The number of nitrogens with two attached hydrogens (primary N) is 1. The van der Waals surface area contributed by atoms with Gasteiger partial charge in [0.15, 0.2) is 0 Å². The summed E-state index contributed by atoms with van der Waals surface area (Å²) in [7, 11) is 0. The second-order valence-electron chi connectivity index (χ2n) is 4.17. The molecule has 0 fully saturated rings. The second kappa shape index (κ2) is 5.32. The van der Waals surface area contributed by atoms with Crippen molar-refractivity contribution in [2.24, 2.45) is 0 Å². The van der Waals surface area contributed by atoms with Gasteiger partial charge in [-0.05, 0) is 52.7 Å². The molecular formula is C14H13BrN2O2. The standard InChI is InChI=1S/C14H13BrN2O2/c1-8-3-2-4-11(13(8)15)17-12-7-9(16)5-6-10(12)14(18)19/h2-7,17H,16H2,1H3,(H,18,19). The number of hydrogen-bond donors (Lipinski definition) is 3. The Morgan fingerprint density at radius 1 is 1.26 bits per heavy atom. The normalized spacial score (nSPS) is 10.2. The highest BCUT2D eigenvalue weighted by Gasteiger charge is 2.12. The third kappa shape index (κ3) is 2.88. The minimum absolute atomic E-state index is 0.183. The highest BCUT2D eigenvalue weighted by atomic mass is 79.9. The van der Waals surface area contributed by atoms with E-state index in [-0.39, 0.29) is 5.56 Å².